The Morgan fingerprint density at radius 3 is 2.30 bits per heavy atom. The second-order valence-electron chi connectivity index (χ2n) is 5.54. The molecule has 0 aliphatic carbocycles. The van der Waals surface area contributed by atoms with Gasteiger partial charge in [-0.2, -0.15) is 0 Å². The summed E-state index contributed by atoms with van der Waals surface area (Å²) in [6.45, 7) is 8.23. The largest absolute Gasteiger partial charge is 0.493 e. The molecule has 0 saturated carbocycles. The Morgan fingerprint density at radius 1 is 1.15 bits per heavy atom. The standard InChI is InChI=1S/C12H16NO2.2C2H5.Al/c1-8-10-7-12(15-3)11(14-2)6-9(10)4-5-13-8;2*1-2;/h6-8H,4-5H2,1-3H3;2*1H2,2H3;/q-1;;;+1/t8-;;;/m0.../s1. The lowest BCUT2D eigenvalue weighted by Gasteiger charge is -2.39. The first-order chi connectivity index (χ1) is 9.65. The monoisotopic (exact) mass is 291 g/mol. The van der Waals surface area contributed by atoms with E-state index in [0.717, 1.165) is 17.9 Å². The third-order valence-electron chi connectivity index (χ3n) is 4.64. The molecule has 110 valence electrons. The van der Waals surface area contributed by atoms with Gasteiger partial charge in [-0.25, -0.2) is 0 Å². The van der Waals surface area contributed by atoms with E-state index >= 15 is 0 Å². The van der Waals surface area contributed by atoms with Crippen molar-refractivity contribution in [2.75, 3.05) is 20.8 Å². The molecule has 1 aromatic carbocycles. The summed E-state index contributed by atoms with van der Waals surface area (Å²) in [5, 5.41) is 2.70. The van der Waals surface area contributed by atoms with Gasteiger partial charge in [-0.3, -0.25) is 0 Å². The lowest BCUT2D eigenvalue weighted by atomic mass is 9.94. The molecule has 3 nitrogen and oxygen atoms in total. The van der Waals surface area contributed by atoms with Crippen molar-refractivity contribution < 1.29 is 9.47 Å². The first-order valence-corrected chi connectivity index (χ1v) is 9.81. The highest BCUT2D eigenvalue weighted by Gasteiger charge is 2.32. The maximum Gasteiger partial charge on any atom is 0.372 e. The highest BCUT2D eigenvalue weighted by molar-refractivity contribution is 6.55. The molecular formula is C16H26AlNO2. The number of ether oxygens (including phenoxy) is 2. The second kappa shape index (κ2) is 6.85. The van der Waals surface area contributed by atoms with Crippen LogP contribution in [0.25, 0.3) is 0 Å². The number of rotatable bonds is 5. The van der Waals surface area contributed by atoms with Crippen molar-refractivity contribution in [3.8, 4) is 11.5 Å². The average molecular weight is 291 g/mol. The summed E-state index contributed by atoms with van der Waals surface area (Å²) in [7, 11) is 3.42. The third-order valence-corrected chi connectivity index (χ3v) is 8.17. The van der Waals surface area contributed by atoms with Crippen molar-refractivity contribution in [1.29, 1.82) is 0 Å². The highest BCUT2D eigenvalue weighted by atomic mass is 27.2. The molecule has 0 unspecified atom stereocenters. The topological polar surface area (TPSA) is 21.7 Å². The molecule has 0 bridgehead atoms. The molecule has 0 fully saturated rings. The van der Waals surface area contributed by atoms with E-state index in [9.17, 15) is 0 Å². The van der Waals surface area contributed by atoms with Crippen molar-refractivity contribution in [2.45, 2.75) is 43.8 Å². The molecule has 0 spiro atoms. The van der Waals surface area contributed by atoms with E-state index in [2.05, 4.69) is 36.8 Å². The van der Waals surface area contributed by atoms with Crippen molar-refractivity contribution in [3.63, 3.8) is 0 Å². The Labute approximate surface area is 127 Å². The summed E-state index contributed by atoms with van der Waals surface area (Å²) in [6, 6.07) is 4.85. The van der Waals surface area contributed by atoms with Crippen molar-refractivity contribution in [1.82, 2.24) is 3.88 Å². The molecule has 20 heavy (non-hydrogen) atoms. The molecule has 4 heteroatoms. The van der Waals surface area contributed by atoms with Gasteiger partial charge in [-0.15, -0.1) is 0 Å². The quantitative estimate of drug-likeness (QED) is 0.773. The Hall–Kier alpha value is -0.688. The van der Waals surface area contributed by atoms with E-state index < -0.39 is 14.4 Å². The number of hydrogen-bond acceptors (Lipinski definition) is 3. The fourth-order valence-corrected chi connectivity index (χ4v) is 6.22. The van der Waals surface area contributed by atoms with Crippen LogP contribution in [0.2, 0.25) is 10.6 Å². The summed E-state index contributed by atoms with van der Waals surface area (Å²) in [4.78, 5) is 0. The smallest absolute Gasteiger partial charge is 0.372 e. The van der Waals surface area contributed by atoms with E-state index in [-0.39, 0.29) is 0 Å². The predicted molar refractivity (Wildman–Crippen MR) is 85.1 cm³/mol. The van der Waals surface area contributed by atoms with Gasteiger partial charge in [0.15, 0.2) is 11.5 Å². The lowest BCUT2D eigenvalue weighted by molar-refractivity contribution is 0.319. The summed E-state index contributed by atoms with van der Waals surface area (Å²) >= 11 is -0.773. The van der Waals surface area contributed by atoms with Gasteiger partial charge >= 0.3 is 14.4 Å². The SMILES string of the molecule is C[CH2][Al]([CH2]C)[N]1CCc2cc(OC)c(OC)cc2[C@@H]1C. The molecule has 1 aliphatic heterocycles. The number of fused-ring (bicyclic) bond motifs is 1. The van der Waals surface area contributed by atoms with Crippen LogP contribution in [0, 0.1) is 0 Å². The van der Waals surface area contributed by atoms with Gasteiger partial charge < -0.3 is 13.4 Å². The molecule has 1 atom stereocenters. The lowest BCUT2D eigenvalue weighted by Crippen LogP contribution is -2.44. The maximum atomic E-state index is 5.47. The Morgan fingerprint density at radius 2 is 1.75 bits per heavy atom. The fourth-order valence-electron chi connectivity index (χ4n) is 3.42. The van der Waals surface area contributed by atoms with E-state index in [0.29, 0.717) is 6.04 Å². The van der Waals surface area contributed by atoms with Gasteiger partial charge in [0, 0.05) is 6.04 Å². The van der Waals surface area contributed by atoms with Gasteiger partial charge in [0.2, 0.25) is 0 Å². The van der Waals surface area contributed by atoms with Crippen molar-refractivity contribution in [3.05, 3.63) is 23.3 Å². The summed E-state index contributed by atoms with van der Waals surface area (Å²) in [5.74, 6) is 1.71. The molecular weight excluding hydrogens is 265 g/mol. The van der Waals surface area contributed by atoms with Crippen LogP contribution in [-0.4, -0.2) is 39.0 Å². The molecule has 0 saturated heterocycles. The Balaban J connectivity index is 2.36. The first-order valence-electron chi connectivity index (χ1n) is 7.66. The van der Waals surface area contributed by atoms with Crippen LogP contribution >= 0.6 is 0 Å². The zero-order valence-corrected chi connectivity index (χ0v) is 14.6. The van der Waals surface area contributed by atoms with Crippen LogP contribution in [0.3, 0.4) is 0 Å². The van der Waals surface area contributed by atoms with Gasteiger partial charge in [-0.05, 0) is 43.1 Å². The fraction of sp³-hybridized carbons (Fsp3) is 0.625. The molecule has 0 aromatic heterocycles. The van der Waals surface area contributed by atoms with Gasteiger partial charge in [0.05, 0.1) is 14.2 Å². The minimum atomic E-state index is -0.773. The summed E-state index contributed by atoms with van der Waals surface area (Å²) in [6.07, 6.45) is 1.13. The second-order valence-corrected chi connectivity index (χ2v) is 9.14. The van der Waals surface area contributed by atoms with E-state index in [1.807, 2.05) is 0 Å². The zero-order valence-electron chi connectivity index (χ0n) is 13.4. The molecule has 1 heterocycles. The predicted octanol–water partition coefficient (Wildman–Crippen LogP) is 3.65. The minimum Gasteiger partial charge on any atom is -0.493 e. The molecule has 0 N–H and O–H groups in total. The van der Waals surface area contributed by atoms with Crippen LogP contribution < -0.4 is 9.47 Å². The van der Waals surface area contributed by atoms with Crippen molar-refractivity contribution >= 4 is 14.4 Å². The minimum absolute atomic E-state index is 0.509. The molecule has 1 aliphatic rings. The normalized spacial score (nSPS) is 18.6. The first kappa shape index (κ1) is 15.7. The van der Waals surface area contributed by atoms with Crippen LogP contribution in [0.4, 0.5) is 0 Å². The third kappa shape index (κ3) is 2.83. The zero-order chi connectivity index (χ0) is 14.7. The van der Waals surface area contributed by atoms with Gasteiger partial charge in [0.25, 0.3) is 0 Å². The van der Waals surface area contributed by atoms with E-state index in [1.165, 1.54) is 28.2 Å². The number of hydrogen-bond donors (Lipinski definition) is 0. The molecule has 2 rings (SSSR count). The van der Waals surface area contributed by atoms with E-state index in [1.54, 1.807) is 14.2 Å². The number of methoxy groups -OCH3 is 2. The van der Waals surface area contributed by atoms with Crippen LogP contribution in [0.5, 0.6) is 11.5 Å². The van der Waals surface area contributed by atoms with E-state index in [4.69, 9.17) is 9.47 Å². The van der Waals surface area contributed by atoms with Crippen LogP contribution in [0.1, 0.15) is 37.9 Å². The molecule has 0 radical (unpaired) electrons. The number of nitrogens with zero attached hydrogens (tertiary/aromatic N) is 1. The number of benzene rings is 1. The van der Waals surface area contributed by atoms with Gasteiger partial charge in [-0.1, -0.05) is 24.4 Å². The average Bonchev–Trinajstić information content (AvgIpc) is 2.49. The molecule has 0 amide bonds. The summed E-state index contributed by atoms with van der Waals surface area (Å²) in [5.41, 5.74) is 2.85. The van der Waals surface area contributed by atoms with Gasteiger partial charge in [0.1, 0.15) is 0 Å². The van der Waals surface area contributed by atoms with Crippen molar-refractivity contribution in [2.24, 2.45) is 0 Å². The Kier molecular flexibility index (Phi) is 5.37. The Bertz CT molecular complexity index is 460. The van der Waals surface area contributed by atoms with Crippen LogP contribution in [-0.2, 0) is 6.42 Å². The maximum absolute atomic E-state index is 5.47. The van der Waals surface area contributed by atoms with Crippen LogP contribution in [0.15, 0.2) is 12.1 Å². The highest BCUT2D eigenvalue weighted by Crippen LogP contribution is 2.38. The summed E-state index contributed by atoms with van der Waals surface area (Å²) < 4.78 is 13.7. The molecule has 1 aromatic rings.